The molecule has 24 heavy (non-hydrogen) atoms. The van der Waals surface area contributed by atoms with Crippen molar-refractivity contribution in [1.82, 2.24) is 4.90 Å². The van der Waals surface area contributed by atoms with E-state index in [9.17, 15) is 14.8 Å². The molecule has 0 unspecified atom stereocenters. The van der Waals surface area contributed by atoms with Gasteiger partial charge in [-0.3, -0.25) is 4.79 Å². The van der Waals surface area contributed by atoms with Gasteiger partial charge in [-0.15, -0.1) is 0 Å². The van der Waals surface area contributed by atoms with Gasteiger partial charge in [0.05, 0.1) is 30.8 Å². The molecule has 0 aliphatic carbocycles. The minimum atomic E-state index is -1.58. The summed E-state index contributed by atoms with van der Waals surface area (Å²) >= 11 is 0. The zero-order valence-electron chi connectivity index (χ0n) is 13.5. The molecule has 0 saturated carbocycles. The summed E-state index contributed by atoms with van der Waals surface area (Å²) < 4.78 is 11.5. The van der Waals surface area contributed by atoms with E-state index in [0.717, 1.165) is 37.0 Å². The molecule has 0 aromatic heterocycles. The van der Waals surface area contributed by atoms with Gasteiger partial charge in [0.1, 0.15) is 5.75 Å². The molecular weight excluding hydrogens is 309 g/mol. The van der Waals surface area contributed by atoms with Crippen molar-refractivity contribution >= 4 is 13.5 Å². The van der Waals surface area contributed by atoms with Crippen LogP contribution >= 0.6 is 0 Å². The molecule has 3 aliphatic rings. The Morgan fingerprint density at radius 3 is 2.83 bits per heavy atom. The molecule has 6 nitrogen and oxygen atoms in total. The van der Waals surface area contributed by atoms with Crippen LogP contribution < -0.4 is 4.74 Å². The number of amides is 1. The molecule has 3 aliphatic heterocycles. The van der Waals surface area contributed by atoms with Crippen LogP contribution in [0.5, 0.6) is 5.75 Å². The van der Waals surface area contributed by atoms with Crippen LogP contribution in [0.4, 0.5) is 0 Å². The van der Waals surface area contributed by atoms with Crippen LogP contribution in [0.15, 0.2) is 24.3 Å². The van der Waals surface area contributed by atoms with Crippen molar-refractivity contribution < 1.29 is 24.3 Å². The van der Waals surface area contributed by atoms with E-state index < -0.39 is 13.1 Å². The van der Waals surface area contributed by atoms with Gasteiger partial charge in [0.15, 0.2) is 0 Å². The zero-order chi connectivity index (χ0) is 16.7. The van der Waals surface area contributed by atoms with Gasteiger partial charge in [-0.1, -0.05) is 18.2 Å². The maximum absolute atomic E-state index is 11.8. The standard InChI is InChI=1S/C17H22BNO5/c20-10-19(14-8-12-5-6-16(14)24-12)17(18(21)22)7-11-9-23-15-4-2-1-3-13(11)15/h1-4,10-12,14,16-17,21-22H,5-9H2/t11-,12+,14-,16-,17-/m1/s1. The largest absolute Gasteiger partial charge is 0.493 e. The fourth-order valence-corrected chi connectivity index (χ4v) is 4.44. The van der Waals surface area contributed by atoms with Crippen molar-refractivity contribution in [2.45, 2.75) is 55.8 Å². The van der Waals surface area contributed by atoms with Crippen LogP contribution in [0.2, 0.25) is 0 Å². The summed E-state index contributed by atoms with van der Waals surface area (Å²) in [5.74, 6) is 0.236. The zero-order valence-corrected chi connectivity index (χ0v) is 13.5. The van der Waals surface area contributed by atoms with E-state index in [1.165, 1.54) is 0 Å². The Labute approximate surface area is 141 Å². The first-order valence-corrected chi connectivity index (χ1v) is 8.63. The van der Waals surface area contributed by atoms with Gasteiger partial charge in [0.25, 0.3) is 0 Å². The minimum Gasteiger partial charge on any atom is -0.493 e. The lowest BCUT2D eigenvalue weighted by Crippen LogP contribution is -2.54. The van der Waals surface area contributed by atoms with Gasteiger partial charge < -0.3 is 24.4 Å². The molecule has 128 valence electrons. The van der Waals surface area contributed by atoms with Crippen LogP contribution in [0.25, 0.3) is 0 Å². The fourth-order valence-electron chi connectivity index (χ4n) is 4.44. The Morgan fingerprint density at radius 1 is 1.33 bits per heavy atom. The summed E-state index contributed by atoms with van der Waals surface area (Å²) in [6.45, 7) is 0.502. The minimum absolute atomic E-state index is 0.0218. The number of hydrogen-bond donors (Lipinski definition) is 2. The summed E-state index contributed by atoms with van der Waals surface area (Å²) in [6, 6.07) is 7.72. The van der Waals surface area contributed by atoms with Crippen LogP contribution in [0.1, 0.15) is 37.2 Å². The summed E-state index contributed by atoms with van der Waals surface area (Å²) in [4.78, 5) is 13.3. The van der Waals surface area contributed by atoms with E-state index >= 15 is 0 Å². The number of hydrogen-bond acceptors (Lipinski definition) is 5. The Kier molecular flexibility index (Phi) is 4.24. The lowest BCUT2D eigenvalue weighted by atomic mass is 9.71. The number of benzene rings is 1. The third-order valence-electron chi connectivity index (χ3n) is 5.63. The summed E-state index contributed by atoms with van der Waals surface area (Å²) in [5.41, 5.74) is 1.07. The van der Waals surface area contributed by atoms with Gasteiger partial charge in [0, 0.05) is 11.5 Å². The lowest BCUT2D eigenvalue weighted by molar-refractivity contribution is -0.123. The van der Waals surface area contributed by atoms with Gasteiger partial charge in [-0.05, 0) is 31.7 Å². The van der Waals surface area contributed by atoms with Crippen molar-refractivity contribution in [1.29, 1.82) is 0 Å². The second-order valence-corrected chi connectivity index (χ2v) is 6.99. The molecule has 1 aromatic carbocycles. The van der Waals surface area contributed by atoms with E-state index in [4.69, 9.17) is 9.47 Å². The van der Waals surface area contributed by atoms with Gasteiger partial charge in [-0.25, -0.2) is 0 Å². The van der Waals surface area contributed by atoms with Crippen LogP contribution in [0, 0.1) is 0 Å². The quantitative estimate of drug-likeness (QED) is 0.593. The average molecular weight is 331 g/mol. The molecule has 0 radical (unpaired) electrons. The number of carbonyl (C=O) groups excluding carboxylic acids is 1. The van der Waals surface area contributed by atoms with Crippen molar-refractivity contribution in [3.05, 3.63) is 29.8 Å². The van der Waals surface area contributed by atoms with Crippen molar-refractivity contribution in [2.75, 3.05) is 6.61 Å². The maximum Gasteiger partial charge on any atom is 0.475 e. The SMILES string of the molecule is O=CN([C@H](C[C@@H]1COc2ccccc21)B(O)O)[C@@H]1C[C@@H]2CC[C@H]1O2. The highest BCUT2D eigenvalue weighted by Crippen LogP contribution is 2.40. The highest BCUT2D eigenvalue weighted by atomic mass is 16.5. The molecule has 3 heterocycles. The highest BCUT2D eigenvalue weighted by Gasteiger charge is 2.47. The first-order valence-electron chi connectivity index (χ1n) is 8.63. The molecule has 4 rings (SSSR count). The van der Waals surface area contributed by atoms with E-state index in [1.807, 2.05) is 24.3 Å². The average Bonchev–Trinajstić information content (AvgIpc) is 3.30. The molecule has 7 heteroatoms. The second-order valence-electron chi connectivity index (χ2n) is 6.99. The molecule has 2 saturated heterocycles. The Bertz CT molecular complexity index is 612. The third-order valence-corrected chi connectivity index (χ3v) is 5.63. The summed E-state index contributed by atoms with van der Waals surface area (Å²) in [6.07, 6.45) is 4.18. The summed E-state index contributed by atoms with van der Waals surface area (Å²) in [5, 5.41) is 19.9. The predicted molar refractivity (Wildman–Crippen MR) is 87.5 cm³/mol. The Balaban J connectivity index is 1.53. The highest BCUT2D eigenvalue weighted by molar-refractivity contribution is 6.43. The predicted octanol–water partition coefficient (Wildman–Crippen LogP) is 0.712. The smallest absolute Gasteiger partial charge is 0.475 e. The first kappa shape index (κ1) is 15.9. The third kappa shape index (κ3) is 2.70. The van der Waals surface area contributed by atoms with Crippen LogP contribution in [-0.4, -0.2) is 59.3 Å². The number of para-hydroxylation sites is 1. The summed E-state index contributed by atoms with van der Waals surface area (Å²) in [7, 11) is -1.58. The topological polar surface area (TPSA) is 79.2 Å². The molecule has 2 bridgehead atoms. The van der Waals surface area contributed by atoms with Crippen molar-refractivity contribution in [3.8, 4) is 5.75 Å². The number of nitrogens with zero attached hydrogens (tertiary/aromatic N) is 1. The Hall–Kier alpha value is -1.57. The first-order chi connectivity index (χ1) is 11.7. The molecule has 0 spiro atoms. The number of rotatable bonds is 6. The van der Waals surface area contributed by atoms with Crippen molar-refractivity contribution in [2.24, 2.45) is 0 Å². The van der Waals surface area contributed by atoms with E-state index in [1.54, 1.807) is 4.90 Å². The molecule has 5 atom stereocenters. The molecule has 1 amide bonds. The van der Waals surface area contributed by atoms with Crippen LogP contribution in [0.3, 0.4) is 0 Å². The normalized spacial score (nSPS) is 31.4. The van der Waals surface area contributed by atoms with Crippen LogP contribution in [-0.2, 0) is 9.53 Å². The molecule has 2 fully saturated rings. The lowest BCUT2D eigenvalue weighted by Gasteiger charge is -2.36. The number of ether oxygens (including phenoxy) is 2. The number of carbonyl (C=O) groups is 1. The monoisotopic (exact) mass is 331 g/mol. The van der Waals surface area contributed by atoms with Gasteiger partial charge >= 0.3 is 7.12 Å². The molecule has 1 aromatic rings. The fraction of sp³-hybridized carbons (Fsp3) is 0.588. The van der Waals surface area contributed by atoms with Gasteiger partial charge in [0.2, 0.25) is 6.41 Å². The second kappa shape index (κ2) is 6.39. The van der Waals surface area contributed by atoms with E-state index in [0.29, 0.717) is 13.0 Å². The molecular formula is C17H22BNO5. The van der Waals surface area contributed by atoms with Gasteiger partial charge in [-0.2, -0.15) is 0 Å². The van der Waals surface area contributed by atoms with E-state index in [-0.39, 0.29) is 24.2 Å². The Morgan fingerprint density at radius 2 is 2.17 bits per heavy atom. The van der Waals surface area contributed by atoms with E-state index in [2.05, 4.69) is 0 Å². The number of fused-ring (bicyclic) bond motifs is 3. The van der Waals surface area contributed by atoms with Crippen molar-refractivity contribution in [3.63, 3.8) is 0 Å². The molecule has 2 N–H and O–H groups in total. The maximum atomic E-state index is 11.8.